The number of H-pyrrole nitrogens is 1. The van der Waals surface area contributed by atoms with E-state index < -0.39 is 0 Å². The Morgan fingerprint density at radius 1 is 1.30 bits per heavy atom. The largest absolute Gasteiger partial charge is 0.485 e. The van der Waals surface area contributed by atoms with Crippen molar-refractivity contribution in [1.82, 2.24) is 15.2 Å². The molecule has 0 unspecified atom stereocenters. The first-order chi connectivity index (χ1) is 13.0. The molecule has 1 heterocycles. The third kappa shape index (κ3) is 5.48. The highest BCUT2D eigenvalue weighted by molar-refractivity contribution is 8.00. The second-order valence-electron chi connectivity index (χ2n) is 5.88. The van der Waals surface area contributed by atoms with Gasteiger partial charge in [0.05, 0.1) is 5.25 Å². The summed E-state index contributed by atoms with van der Waals surface area (Å²) in [5.74, 6) is 1.25. The Labute approximate surface area is 166 Å². The number of nitrogens with zero attached hydrogens (tertiary/aromatic N) is 2. The maximum Gasteiger partial charge on any atom is 0.237 e. The molecule has 0 spiro atoms. The van der Waals surface area contributed by atoms with E-state index in [4.69, 9.17) is 16.3 Å². The Morgan fingerprint density at radius 3 is 2.89 bits per heavy atom. The highest BCUT2D eigenvalue weighted by atomic mass is 35.5. The van der Waals surface area contributed by atoms with Crippen molar-refractivity contribution >= 4 is 35.0 Å². The van der Waals surface area contributed by atoms with E-state index in [1.54, 1.807) is 31.2 Å². The number of para-hydroxylation sites is 1. The smallest absolute Gasteiger partial charge is 0.237 e. The van der Waals surface area contributed by atoms with E-state index in [0.29, 0.717) is 21.7 Å². The molecule has 27 heavy (non-hydrogen) atoms. The van der Waals surface area contributed by atoms with E-state index in [-0.39, 0.29) is 17.8 Å². The maximum absolute atomic E-state index is 12.3. The van der Waals surface area contributed by atoms with Crippen LogP contribution in [-0.4, -0.2) is 26.3 Å². The van der Waals surface area contributed by atoms with Gasteiger partial charge in [0, 0.05) is 10.7 Å². The van der Waals surface area contributed by atoms with Crippen LogP contribution in [0.1, 0.15) is 18.3 Å². The summed E-state index contributed by atoms with van der Waals surface area (Å²) in [4.78, 5) is 16.7. The van der Waals surface area contributed by atoms with Crippen molar-refractivity contribution in [3.63, 3.8) is 0 Å². The quantitative estimate of drug-likeness (QED) is 0.570. The normalized spacial score (nSPS) is 11.8. The average Bonchev–Trinajstić information content (AvgIpc) is 3.08. The Hall–Kier alpha value is -2.51. The molecule has 0 aliphatic rings. The highest BCUT2D eigenvalue weighted by Crippen LogP contribution is 2.22. The van der Waals surface area contributed by atoms with Gasteiger partial charge in [-0.1, -0.05) is 47.6 Å². The van der Waals surface area contributed by atoms with Crippen LogP contribution in [0.3, 0.4) is 0 Å². The number of halogens is 1. The number of hydrogen-bond donors (Lipinski definition) is 2. The molecule has 0 radical (unpaired) electrons. The van der Waals surface area contributed by atoms with Crippen molar-refractivity contribution < 1.29 is 9.53 Å². The van der Waals surface area contributed by atoms with Gasteiger partial charge >= 0.3 is 0 Å². The average molecular weight is 403 g/mol. The third-order valence-corrected chi connectivity index (χ3v) is 4.91. The van der Waals surface area contributed by atoms with Gasteiger partial charge in [0.25, 0.3) is 0 Å². The van der Waals surface area contributed by atoms with Crippen LogP contribution in [0.2, 0.25) is 5.02 Å². The Balaban J connectivity index is 1.53. The number of benzene rings is 2. The van der Waals surface area contributed by atoms with Crippen LogP contribution in [0.5, 0.6) is 5.75 Å². The van der Waals surface area contributed by atoms with Crippen LogP contribution >= 0.6 is 23.4 Å². The van der Waals surface area contributed by atoms with Gasteiger partial charge in [-0.15, -0.1) is 5.10 Å². The zero-order chi connectivity index (χ0) is 19.2. The Bertz CT molecular complexity index is 931. The first-order valence-electron chi connectivity index (χ1n) is 8.34. The summed E-state index contributed by atoms with van der Waals surface area (Å²) in [6.45, 7) is 4.06. The number of aryl methyl sites for hydroxylation is 1. The molecule has 140 valence electrons. The SMILES string of the molecule is Cc1ccccc1OCc1nc(S[C@H](C)C(=O)Nc2cccc(Cl)c2)n[nH]1. The number of carbonyl (C=O) groups excluding carboxylic acids is 1. The van der Waals surface area contributed by atoms with E-state index in [1.165, 1.54) is 11.8 Å². The topological polar surface area (TPSA) is 79.9 Å². The van der Waals surface area contributed by atoms with Crippen molar-refractivity contribution in [3.8, 4) is 5.75 Å². The summed E-state index contributed by atoms with van der Waals surface area (Å²) in [5, 5.41) is 10.5. The van der Waals surface area contributed by atoms with Crippen molar-refractivity contribution in [1.29, 1.82) is 0 Å². The third-order valence-electron chi connectivity index (χ3n) is 3.71. The van der Waals surface area contributed by atoms with Crippen LogP contribution in [-0.2, 0) is 11.4 Å². The molecule has 2 aromatic carbocycles. The summed E-state index contributed by atoms with van der Waals surface area (Å²) < 4.78 is 5.74. The van der Waals surface area contributed by atoms with Crippen molar-refractivity contribution in [3.05, 3.63) is 64.9 Å². The molecular weight excluding hydrogens is 384 g/mol. The molecule has 0 bridgehead atoms. The predicted octanol–water partition coefficient (Wildman–Crippen LogP) is 4.46. The van der Waals surface area contributed by atoms with Crippen LogP contribution in [0.25, 0.3) is 0 Å². The number of aromatic amines is 1. The standard InChI is InChI=1S/C19H19ClN4O2S/c1-12-6-3-4-9-16(12)26-11-17-22-19(24-23-17)27-13(2)18(25)21-15-8-5-7-14(20)10-15/h3-10,13H,11H2,1-2H3,(H,21,25)(H,22,23,24)/t13-/m1/s1. The fourth-order valence-electron chi connectivity index (χ4n) is 2.28. The lowest BCUT2D eigenvalue weighted by atomic mass is 10.2. The minimum atomic E-state index is -0.370. The molecule has 0 aliphatic carbocycles. The van der Waals surface area contributed by atoms with Gasteiger partial charge in [0.2, 0.25) is 11.1 Å². The molecule has 1 atom stereocenters. The minimum Gasteiger partial charge on any atom is -0.485 e. The van der Waals surface area contributed by atoms with Gasteiger partial charge in [-0.05, 0) is 43.7 Å². The second-order valence-corrected chi connectivity index (χ2v) is 7.62. The summed E-state index contributed by atoms with van der Waals surface area (Å²) >= 11 is 7.20. The van der Waals surface area contributed by atoms with Crippen LogP contribution < -0.4 is 10.1 Å². The van der Waals surface area contributed by atoms with Crippen molar-refractivity contribution in [2.45, 2.75) is 30.9 Å². The van der Waals surface area contributed by atoms with Gasteiger partial charge < -0.3 is 10.1 Å². The lowest BCUT2D eigenvalue weighted by Gasteiger charge is -2.10. The molecule has 3 rings (SSSR count). The molecule has 1 aromatic heterocycles. The summed E-state index contributed by atoms with van der Waals surface area (Å²) in [7, 11) is 0. The number of ether oxygens (including phenoxy) is 1. The zero-order valence-corrected chi connectivity index (χ0v) is 16.5. The number of anilines is 1. The fourth-order valence-corrected chi connectivity index (χ4v) is 3.22. The van der Waals surface area contributed by atoms with Crippen molar-refractivity contribution in [2.75, 3.05) is 5.32 Å². The summed E-state index contributed by atoms with van der Waals surface area (Å²) in [6.07, 6.45) is 0. The van der Waals surface area contributed by atoms with E-state index in [0.717, 1.165) is 11.3 Å². The highest BCUT2D eigenvalue weighted by Gasteiger charge is 2.17. The molecule has 0 fully saturated rings. The molecule has 8 heteroatoms. The zero-order valence-electron chi connectivity index (χ0n) is 14.9. The number of hydrogen-bond acceptors (Lipinski definition) is 5. The number of rotatable bonds is 7. The number of thioether (sulfide) groups is 1. The molecule has 6 nitrogen and oxygen atoms in total. The first-order valence-corrected chi connectivity index (χ1v) is 9.60. The predicted molar refractivity (Wildman–Crippen MR) is 107 cm³/mol. The van der Waals surface area contributed by atoms with Crippen LogP contribution in [0.4, 0.5) is 5.69 Å². The molecule has 3 aromatic rings. The van der Waals surface area contributed by atoms with Gasteiger partial charge in [0.15, 0.2) is 5.82 Å². The van der Waals surface area contributed by atoms with E-state index >= 15 is 0 Å². The molecular formula is C19H19ClN4O2S. The van der Waals surface area contributed by atoms with Crippen molar-refractivity contribution in [2.24, 2.45) is 0 Å². The van der Waals surface area contributed by atoms with E-state index in [2.05, 4.69) is 20.5 Å². The first kappa shape index (κ1) is 19.3. The minimum absolute atomic E-state index is 0.148. The van der Waals surface area contributed by atoms with E-state index in [1.807, 2.05) is 31.2 Å². The molecule has 1 amide bonds. The number of aromatic nitrogens is 3. The maximum atomic E-state index is 12.3. The lowest BCUT2D eigenvalue weighted by molar-refractivity contribution is -0.115. The number of carbonyl (C=O) groups is 1. The second kappa shape index (κ2) is 8.92. The van der Waals surface area contributed by atoms with Gasteiger partial charge in [-0.3, -0.25) is 9.89 Å². The fraction of sp³-hybridized carbons (Fsp3) is 0.211. The monoisotopic (exact) mass is 402 g/mol. The molecule has 0 saturated carbocycles. The number of amides is 1. The van der Waals surface area contributed by atoms with Crippen LogP contribution in [0.15, 0.2) is 53.7 Å². The summed E-state index contributed by atoms with van der Waals surface area (Å²) in [5.41, 5.74) is 1.71. The molecule has 2 N–H and O–H groups in total. The molecule has 0 saturated heterocycles. The van der Waals surface area contributed by atoms with Gasteiger partial charge in [-0.2, -0.15) is 0 Å². The van der Waals surface area contributed by atoms with Gasteiger partial charge in [-0.25, -0.2) is 4.98 Å². The van der Waals surface area contributed by atoms with E-state index in [9.17, 15) is 4.79 Å². The summed E-state index contributed by atoms with van der Waals surface area (Å²) in [6, 6.07) is 14.8. The lowest BCUT2D eigenvalue weighted by Crippen LogP contribution is -2.22. The number of nitrogens with one attached hydrogen (secondary N) is 2. The Kier molecular flexibility index (Phi) is 6.36. The molecule has 0 aliphatic heterocycles. The Morgan fingerprint density at radius 2 is 2.11 bits per heavy atom. The van der Waals surface area contributed by atoms with Gasteiger partial charge in [0.1, 0.15) is 12.4 Å². The van der Waals surface area contributed by atoms with Crippen LogP contribution in [0, 0.1) is 6.92 Å².